The summed E-state index contributed by atoms with van der Waals surface area (Å²) in [6, 6.07) is 5.08. The Balaban J connectivity index is 2.49. The van der Waals surface area contributed by atoms with Crippen molar-refractivity contribution < 1.29 is 14.7 Å². The lowest BCUT2D eigenvalue weighted by molar-refractivity contribution is 0.0981. The first-order chi connectivity index (χ1) is 8.56. The van der Waals surface area contributed by atoms with Gasteiger partial charge in [-0.05, 0) is 25.1 Å². The van der Waals surface area contributed by atoms with E-state index < -0.39 is 0 Å². The fourth-order valence-corrected chi connectivity index (χ4v) is 3.03. The third-order valence-corrected chi connectivity index (χ3v) is 4.36. The minimum absolute atomic E-state index is 0.0177. The molecule has 0 amide bonds. The molecule has 0 bridgehead atoms. The number of allylic oxidation sites excluding steroid dienone is 2. The molecular weight excluding hydrogens is 316 g/mol. The van der Waals surface area contributed by atoms with Crippen molar-refractivity contribution in [2.24, 2.45) is 0 Å². The number of halogens is 1. The van der Waals surface area contributed by atoms with Gasteiger partial charge < -0.3 is 5.11 Å². The average Bonchev–Trinajstić information content (AvgIpc) is 2.36. The van der Waals surface area contributed by atoms with Gasteiger partial charge in [-0.1, -0.05) is 15.9 Å². The second-order valence-electron chi connectivity index (χ2n) is 3.87. The zero-order valence-electron chi connectivity index (χ0n) is 9.70. The van der Waals surface area contributed by atoms with Crippen LogP contribution in [0.25, 0.3) is 0 Å². The maximum Gasteiger partial charge on any atom is 0.200 e. The van der Waals surface area contributed by atoms with Crippen molar-refractivity contribution >= 4 is 39.3 Å². The van der Waals surface area contributed by atoms with Crippen LogP contribution in [0.5, 0.6) is 0 Å². The molecule has 0 fully saturated rings. The normalized spacial score (nSPS) is 15.1. The van der Waals surface area contributed by atoms with Gasteiger partial charge in [-0.2, -0.15) is 0 Å². The summed E-state index contributed by atoms with van der Waals surface area (Å²) in [4.78, 5) is 24.9. The SMILES string of the molecule is CC1=C(SCCO)C(=O)c2ccc(Br)cc2C1=O. The molecule has 2 rings (SSSR count). The molecule has 0 spiro atoms. The van der Waals surface area contributed by atoms with Gasteiger partial charge >= 0.3 is 0 Å². The van der Waals surface area contributed by atoms with E-state index in [-0.39, 0.29) is 18.2 Å². The maximum absolute atomic E-state index is 12.3. The summed E-state index contributed by atoms with van der Waals surface area (Å²) in [6.07, 6.45) is 0. The standard InChI is InChI=1S/C13H11BrO3S/c1-7-11(16)10-6-8(14)2-3-9(10)12(17)13(7)18-5-4-15/h2-3,6,15H,4-5H2,1H3. The first-order valence-electron chi connectivity index (χ1n) is 5.39. The zero-order chi connectivity index (χ0) is 13.3. The molecule has 1 aliphatic carbocycles. The van der Waals surface area contributed by atoms with Gasteiger partial charge in [0.2, 0.25) is 0 Å². The molecule has 0 saturated carbocycles. The van der Waals surface area contributed by atoms with Crippen LogP contribution in [0.2, 0.25) is 0 Å². The van der Waals surface area contributed by atoms with Crippen molar-refractivity contribution in [3.63, 3.8) is 0 Å². The van der Waals surface area contributed by atoms with Crippen molar-refractivity contribution in [2.45, 2.75) is 6.92 Å². The van der Waals surface area contributed by atoms with Crippen molar-refractivity contribution in [1.82, 2.24) is 0 Å². The van der Waals surface area contributed by atoms with E-state index in [0.29, 0.717) is 27.4 Å². The molecule has 0 heterocycles. The van der Waals surface area contributed by atoms with E-state index in [0.717, 1.165) is 4.47 Å². The van der Waals surface area contributed by atoms with Gasteiger partial charge in [-0.15, -0.1) is 11.8 Å². The van der Waals surface area contributed by atoms with Crippen LogP contribution < -0.4 is 0 Å². The highest BCUT2D eigenvalue weighted by Crippen LogP contribution is 2.33. The van der Waals surface area contributed by atoms with Crippen LogP contribution in [0, 0.1) is 0 Å². The van der Waals surface area contributed by atoms with Crippen molar-refractivity contribution in [3.8, 4) is 0 Å². The summed E-state index contributed by atoms with van der Waals surface area (Å²) in [5.41, 5.74) is 1.35. The average molecular weight is 327 g/mol. The molecule has 0 unspecified atom stereocenters. The third kappa shape index (κ3) is 2.30. The molecule has 1 aliphatic rings. The number of thioether (sulfide) groups is 1. The molecule has 1 aromatic carbocycles. The number of aliphatic hydroxyl groups excluding tert-OH is 1. The Morgan fingerprint density at radius 1 is 1.22 bits per heavy atom. The second kappa shape index (κ2) is 5.38. The van der Waals surface area contributed by atoms with Crippen LogP contribution in [0.1, 0.15) is 27.6 Å². The highest BCUT2D eigenvalue weighted by Gasteiger charge is 2.29. The van der Waals surface area contributed by atoms with E-state index in [9.17, 15) is 9.59 Å². The molecule has 18 heavy (non-hydrogen) atoms. The minimum atomic E-state index is -0.131. The van der Waals surface area contributed by atoms with Gasteiger partial charge in [0.1, 0.15) is 0 Å². The summed E-state index contributed by atoms with van der Waals surface area (Å²) in [5.74, 6) is 0.164. The summed E-state index contributed by atoms with van der Waals surface area (Å²) in [7, 11) is 0. The summed E-state index contributed by atoms with van der Waals surface area (Å²) in [5, 5.41) is 8.82. The van der Waals surface area contributed by atoms with Crippen molar-refractivity contribution in [2.75, 3.05) is 12.4 Å². The number of carbonyl (C=O) groups is 2. The van der Waals surface area contributed by atoms with E-state index in [4.69, 9.17) is 5.11 Å². The lowest BCUT2D eigenvalue weighted by Gasteiger charge is -2.18. The molecule has 0 atom stereocenters. The number of aliphatic hydroxyl groups is 1. The zero-order valence-corrected chi connectivity index (χ0v) is 12.1. The Morgan fingerprint density at radius 2 is 1.94 bits per heavy atom. The van der Waals surface area contributed by atoms with Crippen LogP contribution in [-0.2, 0) is 0 Å². The van der Waals surface area contributed by atoms with Crippen LogP contribution in [0.4, 0.5) is 0 Å². The number of hydrogen-bond acceptors (Lipinski definition) is 4. The largest absolute Gasteiger partial charge is 0.396 e. The number of rotatable bonds is 3. The Kier molecular flexibility index (Phi) is 4.04. The van der Waals surface area contributed by atoms with Crippen LogP contribution in [-0.4, -0.2) is 29.0 Å². The smallest absolute Gasteiger partial charge is 0.200 e. The fourth-order valence-electron chi connectivity index (χ4n) is 1.82. The molecule has 3 nitrogen and oxygen atoms in total. The number of benzene rings is 1. The highest BCUT2D eigenvalue weighted by molar-refractivity contribution is 9.10. The molecule has 1 N–H and O–H groups in total. The molecule has 0 aromatic heterocycles. The lowest BCUT2D eigenvalue weighted by Crippen LogP contribution is -2.20. The Hall–Kier alpha value is -0.910. The number of Topliss-reactive ketones (excluding diaryl/α,β-unsaturated/α-hetero) is 2. The molecule has 5 heteroatoms. The highest BCUT2D eigenvalue weighted by atomic mass is 79.9. The Labute approximate surface area is 117 Å². The van der Waals surface area contributed by atoms with Crippen LogP contribution in [0.3, 0.4) is 0 Å². The molecular formula is C13H11BrO3S. The quantitative estimate of drug-likeness (QED) is 0.928. The van der Waals surface area contributed by atoms with E-state index >= 15 is 0 Å². The van der Waals surface area contributed by atoms with E-state index in [1.807, 2.05) is 0 Å². The third-order valence-electron chi connectivity index (χ3n) is 2.70. The fraction of sp³-hybridized carbons (Fsp3) is 0.231. The maximum atomic E-state index is 12.3. The van der Waals surface area contributed by atoms with Gasteiger partial charge in [0, 0.05) is 26.9 Å². The van der Waals surface area contributed by atoms with Gasteiger partial charge in [-0.3, -0.25) is 9.59 Å². The number of carbonyl (C=O) groups excluding carboxylic acids is 2. The molecule has 0 aliphatic heterocycles. The first kappa shape index (κ1) is 13.5. The van der Waals surface area contributed by atoms with Gasteiger partial charge in [0.25, 0.3) is 0 Å². The molecule has 1 aromatic rings. The Bertz CT molecular complexity index is 563. The van der Waals surface area contributed by atoms with Gasteiger partial charge in [0.05, 0.1) is 11.5 Å². The minimum Gasteiger partial charge on any atom is -0.396 e. The van der Waals surface area contributed by atoms with E-state index in [1.54, 1.807) is 25.1 Å². The lowest BCUT2D eigenvalue weighted by atomic mass is 9.90. The molecule has 0 radical (unpaired) electrons. The predicted octanol–water partition coefficient (Wildman–Crippen LogP) is 2.83. The monoisotopic (exact) mass is 326 g/mol. The predicted molar refractivity (Wildman–Crippen MR) is 75.0 cm³/mol. The summed E-state index contributed by atoms with van der Waals surface area (Å²) >= 11 is 4.53. The van der Waals surface area contributed by atoms with E-state index in [1.165, 1.54) is 11.8 Å². The second-order valence-corrected chi connectivity index (χ2v) is 5.90. The van der Waals surface area contributed by atoms with Gasteiger partial charge in [0.15, 0.2) is 11.6 Å². The number of fused-ring (bicyclic) bond motifs is 1. The van der Waals surface area contributed by atoms with Crippen molar-refractivity contribution in [3.05, 3.63) is 44.3 Å². The summed E-state index contributed by atoms with van der Waals surface area (Å²) < 4.78 is 0.779. The molecule has 94 valence electrons. The van der Waals surface area contributed by atoms with Crippen molar-refractivity contribution in [1.29, 1.82) is 0 Å². The van der Waals surface area contributed by atoms with Gasteiger partial charge in [-0.25, -0.2) is 0 Å². The first-order valence-corrected chi connectivity index (χ1v) is 7.17. The molecule has 0 saturated heterocycles. The van der Waals surface area contributed by atoms with Crippen LogP contribution >= 0.6 is 27.7 Å². The Morgan fingerprint density at radius 3 is 2.61 bits per heavy atom. The van der Waals surface area contributed by atoms with E-state index in [2.05, 4.69) is 15.9 Å². The topological polar surface area (TPSA) is 54.4 Å². The number of hydrogen-bond donors (Lipinski definition) is 1. The number of ketones is 2. The summed E-state index contributed by atoms with van der Waals surface area (Å²) in [6.45, 7) is 1.64. The van der Waals surface area contributed by atoms with Crippen LogP contribution in [0.15, 0.2) is 33.2 Å².